The number of benzene rings is 1. The number of carbonyl (C=O) groups excluding carboxylic acids is 3. The van der Waals surface area contributed by atoms with Crippen LogP contribution in [0.25, 0.3) is 11.3 Å². The lowest BCUT2D eigenvalue weighted by molar-refractivity contribution is -0.290. The Balaban J connectivity index is 1.20. The monoisotopic (exact) mass is 891 g/mol. The van der Waals surface area contributed by atoms with Gasteiger partial charge in [-0.3, -0.25) is 24.2 Å². The van der Waals surface area contributed by atoms with E-state index in [0.29, 0.717) is 64.0 Å². The van der Waals surface area contributed by atoms with Crippen LogP contribution in [0.5, 0.6) is 0 Å². The van der Waals surface area contributed by atoms with Gasteiger partial charge in [-0.2, -0.15) is 0 Å². The predicted octanol–water partition coefficient (Wildman–Crippen LogP) is 4.91. The molecule has 352 valence electrons. The number of esters is 1. The second-order valence-corrected chi connectivity index (χ2v) is 18.6. The third kappa shape index (κ3) is 11.1. The van der Waals surface area contributed by atoms with Crippen LogP contribution < -0.4 is 16.4 Å². The molecule has 0 spiro atoms. The summed E-state index contributed by atoms with van der Waals surface area (Å²) in [6.45, 7) is 16.8. The molecule has 3 aliphatic rings. The van der Waals surface area contributed by atoms with Gasteiger partial charge < -0.3 is 45.2 Å². The highest BCUT2D eigenvalue weighted by Gasteiger charge is 2.58. The molecule has 0 radical (unpaired) electrons. The number of hydrogen-bond acceptors (Lipinski definition) is 15. The minimum absolute atomic E-state index is 0.0362. The van der Waals surface area contributed by atoms with Gasteiger partial charge in [-0.1, -0.05) is 44.2 Å². The van der Waals surface area contributed by atoms with E-state index in [1.54, 1.807) is 36.0 Å². The predicted molar refractivity (Wildman–Crippen MR) is 239 cm³/mol. The van der Waals surface area contributed by atoms with Gasteiger partial charge in [-0.15, -0.1) is 5.10 Å². The molecule has 5 N–H and O–H groups in total. The number of amides is 1. The van der Waals surface area contributed by atoms with Gasteiger partial charge in [0.1, 0.15) is 23.8 Å². The molecule has 13 atom stereocenters. The van der Waals surface area contributed by atoms with Crippen LogP contribution in [-0.4, -0.2) is 128 Å². The maximum Gasteiger partial charge on any atom is 0.410 e. The fraction of sp³-hybridized carbons (Fsp3) is 0.660. The molecule has 3 aromatic rings. The number of aryl methyl sites for hydroxylation is 1. The van der Waals surface area contributed by atoms with E-state index in [0.717, 1.165) is 16.8 Å². The number of Topliss-reactive ketones (excluding diaryl/α,β-unsaturated/α-hetero) is 1. The van der Waals surface area contributed by atoms with Crippen molar-refractivity contribution in [3.63, 3.8) is 0 Å². The third-order valence-electron chi connectivity index (χ3n) is 13.5. The summed E-state index contributed by atoms with van der Waals surface area (Å²) in [5.41, 5.74) is 6.87. The molecule has 0 saturated carbocycles. The topological polar surface area (TPSA) is 215 Å². The number of unbranched alkanes of at least 4 members (excludes halogenated alkanes) is 1. The van der Waals surface area contributed by atoms with Crippen LogP contribution in [0, 0.1) is 17.8 Å². The Labute approximate surface area is 377 Å². The molecule has 0 aliphatic carbocycles. The lowest BCUT2D eigenvalue weighted by atomic mass is 9.78. The van der Waals surface area contributed by atoms with Crippen molar-refractivity contribution in [3.05, 3.63) is 60.6 Å². The van der Waals surface area contributed by atoms with Crippen LogP contribution in [0.3, 0.4) is 0 Å². The number of methoxy groups -OCH3 is 1. The van der Waals surface area contributed by atoms with E-state index in [4.69, 9.17) is 29.4 Å². The van der Waals surface area contributed by atoms with E-state index in [-0.39, 0.29) is 24.1 Å². The first-order valence-electron chi connectivity index (χ1n) is 22.9. The Bertz CT molecular complexity index is 2020. The highest BCUT2D eigenvalue weighted by Crippen LogP contribution is 2.40. The van der Waals surface area contributed by atoms with Gasteiger partial charge in [0.15, 0.2) is 17.7 Å². The molecule has 6 rings (SSSR count). The summed E-state index contributed by atoms with van der Waals surface area (Å²) in [5, 5.41) is 27.5. The highest BCUT2D eigenvalue weighted by atomic mass is 16.7. The number of aliphatic hydroxyl groups excluding tert-OH is 1. The first-order chi connectivity index (χ1) is 30.5. The summed E-state index contributed by atoms with van der Waals surface area (Å²) in [7, 11) is 1.58. The van der Waals surface area contributed by atoms with Gasteiger partial charge in [0.25, 0.3) is 0 Å². The second-order valence-electron chi connectivity index (χ2n) is 18.6. The molecule has 5 heterocycles. The van der Waals surface area contributed by atoms with Crippen LogP contribution in [0.4, 0.5) is 10.5 Å². The number of nitrogens with two attached hydrogens (primary N) is 1. The molecule has 3 aliphatic heterocycles. The second kappa shape index (κ2) is 21.2. The van der Waals surface area contributed by atoms with E-state index < -0.39 is 71.5 Å². The molecule has 2 unspecified atom stereocenters. The van der Waals surface area contributed by atoms with Crippen molar-refractivity contribution in [1.29, 1.82) is 0 Å². The number of ketones is 1. The number of nitrogens with one attached hydrogen (secondary N) is 2. The SMILES string of the molecule is CC[C@H]1OC(=O)[C@H](C)C(=O)[C@H](C)[C@@H](O[C@@H]2O[C@H](C)CC(NCc3cccnc3)C2O)[C@](C)(OC)C[C@@H](C)CN[C@H](C)[C@H]2N(CCCCn3cc(-c4cccc(N)c4)nn3)C(=O)O[C@]12C. The summed E-state index contributed by atoms with van der Waals surface area (Å²) >= 11 is 0. The quantitative estimate of drug-likeness (QED) is 0.0777. The number of cyclic esters (lactones) is 1. The number of ether oxygens (including phenoxy) is 5. The Morgan fingerprint density at radius 2 is 1.83 bits per heavy atom. The number of pyridine rings is 1. The molecule has 1 aromatic carbocycles. The molecule has 0 bridgehead atoms. The maximum atomic E-state index is 14.5. The molecule has 3 fully saturated rings. The van der Waals surface area contributed by atoms with Crippen LogP contribution in [0.1, 0.15) is 93.1 Å². The van der Waals surface area contributed by atoms with Crippen LogP contribution in [-0.2, 0) is 46.4 Å². The summed E-state index contributed by atoms with van der Waals surface area (Å²) < 4.78 is 33.5. The van der Waals surface area contributed by atoms with E-state index >= 15 is 0 Å². The maximum absolute atomic E-state index is 14.5. The Morgan fingerprint density at radius 3 is 2.53 bits per heavy atom. The normalized spacial score (nSPS) is 34.4. The largest absolute Gasteiger partial charge is 0.458 e. The zero-order valence-electron chi connectivity index (χ0n) is 38.9. The number of aromatic nitrogens is 4. The lowest BCUT2D eigenvalue weighted by Gasteiger charge is -2.46. The van der Waals surface area contributed by atoms with Crippen LogP contribution in [0.2, 0.25) is 0 Å². The third-order valence-corrected chi connectivity index (χ3v) is 13.5. The first kappa shape index (κ1) is 48.9. The Kier molecular flexibility index (Phi) is 16.2. The smallest absolute Gasteiger partial charge is 0.410 e. The number of nitrogen functional groups attached to an aromatic ring is 1. The fourth-order valence-corrected chi connectivity index (χ4v) is 9.92. The van der Waals surface area contributed by atoms with Crippen LogP contribution in [0.15, 0.2) is 55.0 Å². The molecular weight excluding hydrogens is 821 g/mol. The van der Waals surface area contributed by atoms with Gasteiger partial charge >= 0.3 is 12.1 Å². The average Bonchev–Trinajstić information content (AvgIpc) is 3.86. The molecular formula is C47H70N8O9. The van der Waals surface area contributed by atoms with Crippen LogP contribution >= 0.6 is 0 Å². The fourth-order valence-electron chi connectivity index (χ4n) is 9.92. The van der Waals surface area contributed by atoms with Crippen molar-refractivity contribution in [1.82, 2.24) is 35.5 Å². The standard InChI is InChI=1S/C47H70N8O9/c1-10-38-47(8)41(55(45(59)64-47)20-12-11-19-54-27-37(52-53-54)34-16-13-17-35(48)22-34)32(6)50-24-28(2)23-46(7,60-9)42(30(4)39(56)31(5)43(58)62-38)63-44-40(57)36(21-29(3)61-44)51-26-33-15-14-18-49-25-33/h13-18,22,25,27-32,36,38,40-42,44,50-51,57H,10-12,19-21,23-24,26,48H2,1-9H3/t28-,29-,30+,31-,32-,36?,38-,40?,41-,42-,44+,46-,47-/m1/s1. The highest BCUT2D eigenvalue weighted by molar-refractivity contribution is 6.00. The summed E-state index contributed by atoms with van der Waals surface area (Å²) in [4.78, 5) is 48.5. The number of rotatable bonds is 13. The molecule has 17 heteroatoms. The van der Waals surface area contributed by atoms with E-state index in [1.807, 2.05) is 77.2 Å². The molecule has 17 nitrogen and oxygen atoms in total. The van der Waals surface area contributed by atoms with Crippen molar-refractivity contribution < 1.29 is 43.2 Å². The van der Waals surface area contributed by atoms with E-state index in [9.17, 15) is 19.5 Å². The van der Waals surface area contributed by atoms with Crippen molar-refractivity contribution in [2.45, 2.75) is 161 Å². The van der Waals surface area contributed by atoms with Crippen molar-refractivity contribution in [2.24, 2.45) is 17.8 Å². The number of fused-ring (bicyclic) bond motifs is 1. The van der Waals surface area contributed by atoms with Crippen molar-refractivity contribution in [3.8, 4) is 11.3 Å². The minimum Gasteiger partial charge on any atom is -0.458 e. The van der Waals surface area contributed by atoms with E-state index in [2.05, 4.69) is 32.9 Å². The molecule has 1 amide bonds. The molecule has 3 saturated heterocycles. The van der Waals surface area contributed by atoms with Gasteiger partial charge in [0, 0.05) is 68.4 Å². The Hall–Kier alpha value is -4.52. The number of carbonyl (C=O) groups is 3. The van der Waals surface area contributed by atoms with Gasteiger partial charge in [-0.25, -0.2) is 4.79 Å². The first-order valence-corrected chi connectivity index (χ1v) is 22.9. The number of anilines is 1. The molecule has 2 aromatic heterocycles. The van der Waals surface area contributed by atoms with Crippen molar-refractivity contribution >= 4 is 23.5 Å². The summed E-state index contributed by atoms with van der Waals surface area (Å²) in [6.07, 6.45) is 3.27. The van der Waals surface area contributed by atoms with Gasteiger partial charge in [0.2, 0.25) is 0 Å². The Morgan fingerprint density at radius 1 is 1.06 bits per heavy atom. The average molecular weight is 891 g/mol. The van der Waals surface area contributed by atoms with E-state index in [1.165, 1.54) is 6.92 Å². The zero-order chi connectivity index (χ0) is 46.3. The summed E-state index contributed by atoms with van der Waals surface area (Å²) in [6, 6.07) is 10.1. The summed E-state index contributed by atoms with van der Waals surface area (Å²) in [5.74, 6) is -3.27. The minimum atomic E-state index is -1.25. The zero-order valence-corrected chi connectivity index (χ0v) is 38.9. The number of aliphatic hydroxyl groups is 1. The molecule has 64 heavy (non-hydrogen) atoms. The number of nitrogens with zero attached hydrogens (tertiary/aromatic N) is 5. The van der Waals surface area contributed by atoms with Gasteiger partial charge in [0.05, 0.1) is 30.0 Å². The number of hydrogen-bond donors (Lipinski definition) is 4. The lowest BCUT2D eigenvalue weighted by Crippen LogP contribution is -2.61. The van der Waals surface area contributed by atoms with Crippen molar-refractivity contribution in [2.75, 3.05) is 25.9 Å². The van der Waals surface area contributed by atoms with Gasteiger partial charge in [-0.05, 0) is 103 Å².